The van der Waals surface area contributed by atoms with Crippen molar-refractivity contribution in [2.45, 2.75) is 13.0 Å². The van der Waals surface area contributed by atoms with Crippen molar-refractivity contribution >= 4 is 29.3 Å². The average molecular weight is 277 g/mol. The van der Waals surface area contributed by atoms with E-state index in [0.29, 0.717) is 5.11 Å². The number of hydrogen-bond acceptors (Lipinski definition) is 3. The van der Waals surface area contributed by atoms with E-state index in [1.165, 1.54) is 0 Å². The van der Waals surface area contributed by atoms with Gasteiger partial charge in [0.25, 0.3) is 0 Å². The van der Waals surface area contributed by atoms with E-state index in [1.54, 1.807) is 17.2 Å². The molecule has 1 aliphatic rings. The van der Waals surface area contributed by atoms with Crippen LogP contribution >= 0.6 is 12.2 Å². The highest BCUT2D eigenvalue weighted by atomic mass is 35.5. The van der Waals surface area contributed by atoms with Gasteiger partial charge in [-0.05, 0) is 12.2 Å². The molecular weight excluding hydrogens is 260 g/mol. The van der Waals surface area contributed by atoms with Gasteiger partial charge in [0.2, 0.25) is 6.21 Å². The number of allylic oxidation sites excluding steroid dienone is 1. The standard InChI is InChI=1S/C10H16N4OS.ClH/c1-7-9(5-8(15)6-14(7)4)11-12-10(16)13(2)3;/h5-7,15H,1-4H3;1H. The first-order valence-corrected chi connectivity index (χ1v) is 5.35. The smallest absolute Gasteiger partial charge is 0.206 e. The zero-order chi connectivity index (χ0) is 12.3. The minimum absolute atomic E-state index is 0. The maximum atomic E-state index is 9.45. The topological polar surface area (TPSA) is 50.9 Å². The summed E-state index contributed by atoms with van der Waals surface area (Å²) in [6, 6.07) is 0.105. The zero-order valence-electron chi connectivity index (χ0n) is 10.3. The third kappa shape index (κ3) is 4.32. The summed E-state index contributed by atoms with van der Waals surface area (Å²) in [4.78, 5) is 1.76. The van der Waals surface area contributed by atoms with Gasteiger partial charge in [-0.1, -0.05) is 0 Å². The van der Waals surface area contributed by atoms with Crippen LogP contribution in [0.4, 0.5) is 0 Å². The van der Waals surface area contributed by atoms with Crippen LogP contribution in [0.5, 0.6) is 0 Å². The van der Waals surface area contributed by atoms with Crippen molar-refractivity contribution in [3.63, 3.8) is 0 Å². The fourth-order valence-electron chi connectivity index (χ4n) is 1.18. The van der Waals surface area contributed by atoms with E-state index in [0.717, 1.165) is 5.71 Å². The van der Waals surface area contributed by atoms with Crippen LogP contribution in [0.1, 0.15) is 6.92 Å². The molecule has 0 saturated heterocycles. The van der Waals surface area contributed by atoms with Crippen LogP contribution in [0.2, 0.25) is 0 Å². The summed E-state index contributed by atoms with van der Waals surface area (Å²) in [5.41, 5.74) is 3.51. The second-order valence-corrected chi connectivity index (χ2v) is 4.27. The Hall–Kier alpha value is -1.14. The molecule has 0 saturated carbocycles. The molecule has 0 spiro atoms. The van der Waals surface area contributed by atoms with Crippen LogP contribution in [-0.4, -0.2) is 58.8 Å². The number of nitrogens with one attached hydrogen (secondary N) is 1. The molecule has 0 fully saturated rings. The van der Waals surface area contributed by atoms with Gasteiger partial charge in [-0.15, -0.1) is 0 Å². The van der Waals surface area contributed by atoms with E-state index in [4.69, 9.17) is 12.2 Å². The Labute approximate surface area is 113 Å². The SMILES string of the molecule is CC1C(=NNC(=S)N(C)C)C=C(O)C=[N+]1C.[Cl-]. The molecule has 1 rings (SSSR count). The number of hydrogen-bond donors (Lipinski definition) is 2. The van der Waals surface area contributed by atoms with Crippen LogP contribution in [-0.2, 0) is 0 Å². The van der Waals surface area contributed by atoms with Gasteiger partial charge >= 0.3 is 0 Å². The Bertz CT molecular complexity index is 390. The van der Waals surface area contributed by atoms with E-state index in [-0.39, 0.29) is 24.2 Å². The van der Waals surface area contributed by atoms with Crippen molar-refractivity contribution in [1.29, 1.82) is 0 Å². The van der Waals surface area contributed by atoms with Crippen LogP contribution in [0, 0.1) is 0 Å². The van der Waals surface area contributed by atoms with Crippen LogP contribution in [0.25, 0.3) is 0 Å². The summed E-state index contributed by atoms with van der Waals surface area (Å²) < 4.78 is 1.88. The number of halogens is 1. The Morgan fingerprint density at radius 2 is 2.18 bits per heavy atom. The molecule has 96 valence electrons. The maximum Gasteiger partial charge on any atom is 0.206 e. The van der Waals surface area contributed by atoms with Crippen molar-refractivity contribution in [1.82, 2.24) is 10.3 Å². The van der Waals surface area contributed by atoms with Gasteiger partial charge in [0, 0.05) is 27.1 Å². The largest absolute Gasteiger partial charge is 1.00 e. The van der Waals surface area contributed by atoms with E-state index in [2.05, 4.69) is 10.5 Å². The van der Waals surface area contributed by atoms with Crippen LogP contribution in [0.15, 0.2) is 16.9 Å². The molecule has 0 aromatic rings. The first-order chi connectivity index (χ1) is 7.41. The summed E-state index contributed by atoms with van der Waals surface area (Å²) in [7, 11) is 5.56. The third-order valence-corrected chi connectivity index (χ3v) is 2.81. The first-order valence-electron chi connectivity index (χ1n) is 4.94. The highest BCUT2D eigenvalue weighted by Crippen LogP contribution is 2.03. The molecule has 5 nitrogen and oxygen atoms in total. The molecule has 7 heteroatoms. The molecule has 0 aromatic heterocycles. The van der Waals surface area contributed by atoms with Crippen LogP contribution < -0.4 is 17.8 Å². The molecule has 2 N–H and O–H groups in total. The monoisotopic (exact) mass is 276 g/mol. The minimum atomic E-state index is 0. The summed E-state index contributed by atoms with van der Waals surface area (Å²) in [6.45, 7) is 2.00. The molecule has 0 bridgehead atoms. The highest BCUT2D eigenvalue weighted by molar-refractivity contribution is 7.80. The summed E-state index contributed by atoms with van der Waals surface area (Å²) >= 11 is 5.05. The van der Waals surface area contributed by atoms with Crippen LogP contribution in [0.3, 0.4) is 0 Å². The van der Waals surface area contributed by atoms with Crippen molar-refractivity contribution in [3.8, 4) is 0 Å². The molecule has 17 heavy (non-hydrogen) atoms. The van der Waals surface area contributed by atoms with Crippen molar-refractivity contribution < 1.29 is 22.1 Å². The highest BCUT2D eigenvalue weighted by Gasteiger charge is 2.22. The number of rotatable bonds is 1. The van der Waals surface area contributed by atoms with E-state index in [1.807, 2.05) is 32.6 Å². The fraction of sp³-hybridized carbons (Fsp3) is 0.500. The predicted molar refractivity (Wildman–Crippen MR) is 69.3 cm³/mol. The molecule has 0 amide bonds. The van der Waals surface area contributed by atoms with Crippen molar-refractivity contribution in [2.75, 3.05) is 21.1 Å². The third-order valence-electron chi connectivity index (χ3n) is 2.36. The molecule has 0 aliphatic carbocycles. The van der Waals surface area contributed by atoms with Gasteiger partial charge in [-0.3, -0.25) is 5.43 Å². The van der Waals surface area contributed by atoms with Gasteiger partial charge in [0.05, 0.1) is 0 Å². The lowest BCUT2D eigenvalue weighted by atomic mass is 10.1. The van der Waals surface area contributed by atoms with E-state index in [9.17, 15) is 5.11 Å². The lowest BCUT2D eigenvalue weighted by Gasteiger charge is -2.15. The number of aliphatic hydroxyl groups excluding tert-OH is 1. The lowest BCUT2D eigenvalue weighted by Crippen LogP contribution is -3.00. The Morgan fingerprint density at radius 3 is 2.71 bits per heavy atom. The van der Waals surface area contributed by atoms with Gasteiger partial charge in [-0.25, -0.2) is 4.58 Å². The fourth-order valence-corrected chi connectivity index (χ4v) is 1.22. The Balaban J connectivity index is 0.00000256. The average Bonchev–Trinajstić information content (AvgIpc) is 2.20. The maximum absolute atomic E-state index is 9.45. The second-order valence-electron chi connectivity index (χ2n) is 3.89. The number of aliphatic hydroxyl groups is 1. The number of nitrogens with zero attached hydrogens (tertiary/aromatic N) is 3. The van der Waals surface area contributed by atoms with Crippen molar-refractivity contribution in [3.05, 3.63) is 11.8 Å². The Morgan fingerprint density at radius 1 is 1.59 bits per heavy atom. The summed E-state index contributed by atoms with van der Waals surface area (Å²) in [5.74, 6) is 0.192. The number of thiocarbonyl (C=S) groups is 1. The molecule has 0 aromatic carbocycles. The first kappa shape index (κ1) is 15.9. The molecule has 1 unspecified atom stereocenters. The molecule has 0 radical (unpaired) electrons. The van der Waals surface area contributed by atoms with Gasteiger partial charge in [0.15, 0.2) is 16.9 Å². The van der Waals surface area contributed by atoms with Gasteiger partial charge in [0.1, 0.15) is 12.8 Å². The van der Waals surface area contributed by atoms with Gasteiger partial charge in [-0.2, -0.15) is 5.10 Å². The normalized spacial score (nSPS) is 21.2. The molecule has 1 atom stereocenters. The predicted octanol–water partition coefficient (Wildman–Crippen LogP) is -2.66. The lowest BCUT2D eigenvalue weighted by molar-refractivity contribution is -0.511. The molecule has 1 aliphatic heterocycles. The quantitative estimate of drug-likeness (QED) is 0.312. The van der Waals surface area contributed by atoms with E-state index >= 15 is 0 Å². The number of hydrazone groups is 1. The Kier molecular flexibility index (Phi) is 6.12. The zero-order valence-corrected chi connectivity index (χ0v) is 11.9. The van der Waals surface area contributed by atoms with E-state index < -0.39 is 0 Å². The minimum Gasteiger partial charge on any atom is -1.00 e. The summed E-state index contributed by atoms with van der Waals surface area (Å²) in [5, 5.41) is 14.2. The van der Waals surface area contributed by atoms with Crippen molar-refractivity contribution in [2.24, 2.45) is 5.10 Å². The molecular formula is C10H17ClN4OS. The molecule has 1 heterocycles. The summed E-state index contributed by atoms with van der Waals surface area (Å²) in [6.07, 6.45) is 3.28. The van der Waals surface area contributed by atoms with Gasteiger partial charge < -0.3 is 22.4 Å². The second kappa shape index (κ2) is 6.56.